The second-order valence-electron chi connectivity index (χ2n) is 34.2. The van der Waals surface area contributed by atoms with Crippen LogP contribution >= 0.6 is 0 Å². The van der Waals surface area contributed by atoms with Crippen LogP contribution in [-0.4, -0.2) is 236 Å². The molecule has 1 rings (SSSR count). The lowest BCUT2D eigenvalue weighted by molar-refractivity contribution is -0.143. The van der Waals surface area contributed by atoms with E-state index < -0.39 is 180 Å². The number of aliphatic hydroxyl groups excluding tert-OH is 1. The van der Waals surface area contributed by atoms with E-state index in [1.165, 1.54) is 11.8 Å². The molecule has 37 nitrogen and oxygen atoms in total. The number of carbonyl (C=O) groups is 15. The Hall–Kier alpha value is -8.23. The number of aliphatic hydroxyl groups is 1. The van der Waals surface area contributed by atoms with Crippen LogP contribution in [0.25, 0.3) is 0 Å². The van der Waals surface area contributed by atoms with Crippen molar-refractivity contribution in [2.75, 3.05) is 52.4 Å². The fourth-order valence-electron chi connectivity index (χ4n) is 14.0. The Morgan fingerprint density at radius 1 is 0.294 bits per heavy atom. The SMILES string of the molecule is CC(=O)N[C@@H](CC(C)C)C(=O)N[C@@H](CCCCN)C(=O)N[C@@H](CCCCN)C(=O)N[C@@H](CC(C)C)C(=O)N1CCC[C@H]1C(=O)N[C@@H](CCCCN)C(=O)N[C@@H](CC(C)C)C(=O)N[C@@H](CO)C(=O)N[C@@H](CCCCN)C(=O)N[C@@H](CCCCN)C(=O)N[C@@H](CC(C)C)C(=O)N[C@@H](CC(C)C)C(=O)N[C@@H](CCCCN)C(=O)N[C@@H](CC(C)C)C(N)=O. The van der Waals surface area contributed by atoms with Gasteiger partial charge in [-0.25, -0.2) is 0 Å². The Labute approximate surface area is 706 Å². The summed E-state index contributed by atoms with van der Waals surface area (Å²) in [6.45, 7) is 24.0. The molecule has 1 fully saturated rings. The summed E-state index contributed by atoms with van der Waals surface area (Å²) in [4.78, 5) is 213. The third-order valence-electron chi connectivity index (χ3n) is 20.2. The van der Waals surface area contributed by atoms with Gasteiger partial charge in [0.15, 0.2) is 0 Å². The highest BCUT2D eigenvalue weighted by Gasteiger charge is 2.42. The minimum atomic E-state index is -1.73. The molecule has 15 amide bonds. The van der Waals surface area contributed by atoms with E-state index in [4.69, 9.17) is 40.1 Å². The molecule has 0 bridgehead atoms. The average Bonchev–Trinajstić information content (AvgIpc) is 1.73. The highest BCUT2D eigenvalue weighted by molar-refractivity contribution is 6.00. The van der Waals surface area contributed by atoms with Gasteiger partial charge in [0.1, 0.15) is 84.6 Å². The molecular weight excluding hydrogens is 1540 g/mol. The Balaban J connectivity index is 3.66. The van der Waals surface area contributed by atoms with Crippen LogP contribution in [0.2, 0.25) is 0 Å². The first-order valence-electron chi connectivity index (χ1n) is 43.6. The minimum absolute atomic E-state index is 0.00510. The smallest absolute Gasteiger partial charge is 0.245 e. The van der Waals surface area contributed by atoms with E-state index in [1.807, 2.05) is 69.2 Å². The summed E-state index contributed by atoms with van der Waals surface area (Å²) in [5.41, 5.74) is 40.7. The van der Waals surface area contributed by atoms with Crippen LogP contribution in [0.1, 0.15) is 257 Å². The number of likely N-dealkylation sites (tertiary alicyclic amines) is 1. The van der Waals surface area contributed by atoms with Crippen molar-refractivity contribution in [2.24, 2.45) is 75.6 Å². The molecule has 0 aromatic rings. The van der Waals surface area contributed by atoms with Gasteiger partial charge in [-0.15, -0.1) is 0 Å². The van der Waals surface area contributed by atoms with E-state index in [0.717, 1.165) is 0 Å². The summed E-state index contributed by atoms with van der Waals surface area (Å²) in [7, 11) is 0. The molecule has 0 spiro atoms. The largest absolute Gasteiger partial charge is 0.394 e. The molecule has 14 atom stereocenters. The molecule has 0 unspecified atom stereocenters. The number of rotatable bonds is 64. The van der Waals surface area contributed by atoms with E-state index >= 15 is 0 Å². The fraction of sp³-hybridized carbons (Fsp3) is 0.817. The number of amides is 15. The zero-order chi connectivity index (χ0) is 90.0. The molecule has 1 aliphatic rings. The van der Waals surface area contributed by atoms with E-state index in [9.17, 15) is 77.0 Å². The third-order valence-corrected chi connectivity index (χ3v) is 20.2. The lowest BCUT2D eigenvalue weighted by Gasteiger charge is -2.32. The van der Waals surface area contributed by atoms with Crippen LogP contribution < -0.4 is 109 Å². The van der Waals surface area contributed by atoms with Gasteiger partial charge in [0, 0.05) is 13.5 Å². The van der Waals surface area contributed by atoms with Crippen molar-refractivity contribution >= 4 is 88.6 Å². The first-order chi connectivity index (χ1) is 56.2. The Kier molecular flexibility index (Phi) is 55.1. The lowest BCUT2D eigenvalue weighted by Crippen LogP contribution is -2.61. The molecule has 28 N–H and O–H groups in total. The van der Waals surface area contributed by atoms with Crippen LogP contribution in [0.5, 0.6) is 0 Å². The predicted molar refractivity (Wildman–Crippen MR) is 456 cm³/mol. The van der Waals surface area contributed by atoms with Gasteiger partial charge in [-0.2, -0.15) is 0 Å². The maximum Gasteiger partial charge on any atom is 0.245 e. The van der Waals surface area contributed by atoms with Crippen LogP contribution in [0.3, 0.4) is 0 Å². The number of hydrogen-bond acceptors (Lipinski definition) is 22. The number of hydrogen-bond donors (Lipinski definition) is 21. The number of unbranched alkanes of at least 4 members (excludes halogenated alkanes) is 6. The summed E-state index contributed by atoms with van der Waals surface area (Å²) >= 11 is 0. The quantitative estimate of drug-likeness (QED) is 0.0319. The molecule has 119 heavy (non-hydrogen) atoms. The summed E-state index contributed by atoms with van der Waals surface area (Å²) in [6, 6.07) is -17.4. The van der Waals surface area contributed by atoms with Gasteiger partial charge >= 0.3 is 0 Å². The molecule has 0 radical (unpaired) electrons. The van der Waals surface area contributed by atoms with Crippen LogP contribution in [0.4, 0.5) is 0 Å². The Morgan fingerprint density at radius 3 is 0.756 bits per heavy atom. The van der Waals surface area contributed by atoms with E-state index in [1.54, 1.807) is 13.8 Å². The van der Waals surface area contributed by atoms with Crippen molar-refractivity contribution in [3.8, 4) is 0 Å². The monoisotopic (exact) mass is 1690 g/mol. The second-order valence-corrected chi connectivity index (χ2v) is 34.2. The third kappa shape index (κ3) is 44.2. The summed E-state index contributed by atoms with van der Waals surface area (Å²) in [6.07, 6.45) is 6.80. The molecule has 684 valence electrons. The van der Waals surface area contributed by atoms with E-state index in [2.05, 4.69) is 69.1 Å². The van der Waals surface area contributed by atoms with Crippen molar-refractivity contribution in [3.05, 3.63) is 0 Å². The molecule has 0 aliphatic carbocycles. The van der Waals surface area contributed by atoms with Crippen molar-refractivity contribution in [1.82, 2.24) is 74.0 Å². The van der Waals surface area contributed by atoms with E-state index in [-0.39, 0.29) is 158 Å². The number of nitrogens with zero attached hydrogens (tertiary/aromatic N) is 1. The van der Waals surface area contributed by atoms with Gasteiger partial charge in [0.25, 0.3) is 0 Å². The van der Waals surface area contributed by atoms with Gasteiger partial charge < -0.3 is 119 Å². The van der Waals surface area contributed by atoms with Crippen molar-refractivity contribution in [1.29, 1.82) is 0 Å². The first-order valence-corrected chi connectivity index (χ1v) is 43.6. The van der Waals surface area contributed by atoms with Crippen molar-refractivity contribution < 1.29 is 77.0 Å². The Bertz CT molecular complexity index is 3130. The topological polar surface area (TPSA) is 618 Å². The highest BCUT2D eigenvalue weighted by Crippen LogP contribution is 2.23. The molecule has 0 aromatic heterocycles. The molecule has 1 heterocycles. The maximum absolute atomic E-state index is 14.9. The maximum atomic E-state index is 14.9. The standard InChI is InChI=1S/C82H155N21O16/c1-48(2)41-61(69(89)106)97-72(109)57(29-16-22-36-85)94-77(114)63(43-50(5)6)100-78(115)64(44-51(7)8)98-73(110)58(30-17-23-37-86)91-71(108)56(28-15-21-35-84)95-80(117)67(47-104)102-79(116)65(45-52(9)10)99-74(111)60(32-19-25-39-88)96-81(118)68-33-26-40-103(68)82(119)66(46-53(11)12)101-75(112)59(31-18-24-38-87)92-70(107)55(27-14-20-34-83)93-76(113)62(42-49(3)4)90-54(13)105/h48-53,55-68,104H,14-47,83-88H2,1-13H3,(H2,89,106)(H,90,105)(H,91,108)(H,92,107)(H,93,113)(H,94,114)(H,95,117)(H,96,118)(H,97,109)(H,98,110)(H,99,111)(H,100,115)(H,101,112)(H,102,116)/t55-,56-,57-,58-,59-,60-,61-,62-,63-,64-,65-,66-,67-,68-/m0/s1. The van der Waals surface area contributed by atoms with Gasteiger partial charge in [0.2, 0.25) is 88.6 Å². The van der Waals surface area contributed by atoms with Crippen LogP contribution in [0.15, 0.2) is 0 Å². The molecule has 1 aliphatic heterocycles. The van der Waals surface area contributed by atoms with Crippen molar-refractivity contribution in [3.63, 3.8) is 0 Å². The summed E-state index contributed by atoms with van der Waals surface area (Å²) in [5.74, 6) is -11.7. The molecule has 1 saturated heterocycles. The first kappa shape index (κ1) is 109. The fourth-order valence-corrected chi connectivity index (χ4v) is 14.0. The molecule has 37 heteroatoms. The molecule has 0 aromatic carbocycles. The summed E-state index contributed by atoms with van der Waals surface area (Å²) < 4.78 is 0. The average molecular weight is 1690 g/mol. The zero-order valence-corrected chi connectivity index (χ0v) is 73.6. The highest BCUT2D eigenvalue weighted by atomic mass is 16.3. The molecular formula is C82H155N21O16. The van der Waals surface area contributed by atoms with Crippen LogP contribution in [0, 0.1) is 35.5 Å². The Morgan fingerprint density at radius 2 is 0.504 bits per heavy atom. The molecule has 0 saturated carbocycles. The number of nitrogens with two attached hydrogens (primary N) is 7. The predicted octanol–water partition coefficient (Wildman–Crippen LogP) is -1.17. The normalized spacial score (nSPS) is 16.1. The number of carbonyl (C=O) groups excluding carboxylic acids is 15. The lowest BCUT2D eigenvalue weighted by atomic mass is 9.98. The van der Waals surface area contributed by atoms with Gasteiger partial charge in [0.05, 0.1) is 6.61 Å². The van der Waals surface area contributed by atoms with Gasteiger partial charge in [-0.3, -0.25) is 71.9 Å². The van der Waals surface area contributed by atoms with Crippen LogP contribution in [-0.2, 0) is 71.9 Å². The van der Waals surface area contributed by atoms with E-state index in [0.29, 0.717) is 90.1 Å². The second kappa shape index (κ2) is 60.3. The zero-order valence-electron chi connectivity index (χ0n) is 73.6. The number of nitrogens with one attached hydrogen (secondary N) is 13. The minimum Gasteiger partial charge on any atom is -0.394 e. The van der Waals surface area contributed by atoms with Gasteiger partial charge in [-0.1, -0.05) is 83.1 Å². The summed E-state index contributed by atoms with van der Waals surface area (Å²) in [5, 5.41) is 46.4. The number of primary amides is 1. The van der Waals surface area contributed by atoms with Crippen molar-refractivity contribution in [2.45, 2.75) is 342 Å². The van der Waals surface area contributed by atoms with Gasteiger partial charge in [-0.05, 0) is 242 Å².